The fourth-order valence-corrected chi connectivity index (χ4v) is 2.12. The van der Waals surface area contributed by atoms with Crippen LogP contribution < -0.4 is 0 Å². The van der Waals surface area contributed by atoms with Gasteiger partial charge in [0, 0.05) is 13.1 Å². The molecule has 2 heterocycles. The van der Waals surface area contributed by atoms with Crippen molar-refractivity contribution in [2.24, 2.45) is 0 Å². The summed E-state index contributed by atoms with van der Waals surface area (Å²) in [5.74, 6) is -0.211. The summed E-state index contributed by atoms with van der Waals surface area (Å²) < 4.78 is 6.68. The Labute approximate surface area is 114 Å². The number of nitrogens with zero attached hydrogens (tertiary/aromatic N) is 4. The van der Waals surface area contributed by atoms with E-state index in [1.165, 1.54) is 10.9 Å². The molecule has 1 aromatic heterocycles. The van der Waals surface area contributed by atoms with Crippen LogP contribution in [0.4, 0.5) is 5.69 Å². The van der Waals surface area contributed by atoms with Crippen molar-refractivity contribution in [2.45, 2.75) is 25.7 Å². The molecule has 2 atom stereocenters. The standard InChI is InChI=1S/C11H16N4O5/c1-8-3-13(5-10(7-16)20-8)11(17)6-14-4-9(2-12-14)15(18)19/h2,4,8,10,16H,3,5-7H2,1H3. The zero-order chi connectivity index (χ0) is 14.7. The molecule has 0 aromatic carbocycles. The maximum atomic E-state index is 12.1. The van der Waals surface area contributed by atoms with E-state index in [1.807, 2.05) is 6.92 Å². The van der Waals surface area contributed by atoms with Gasteiger partial charge in [-0.3, -0.25) is 19.6 Å². The molecule has 1 saturated heterocycles. The van der Waals surface area contributed by atoms with Crippen LogP contribution in [-0.4, -0.2) is 62.5 Å². The molecule has 1 fully saturated rings. The summed E-state index contributed by atoms with van der Waals surface area (Å²) in [7, 11) is 0. The van der Waals surface area contributed by atoms with Gasteiger partial charge in [0.1, 0.15) is 18.9 Å². The SMILES string of the molecule is CC1CN(C(=O)Cn2cc([N+](=O)[O-])cn2)CC(CO)O1. The molecule has 1 aliphatic heterocycles. The van der Waals surface area contributed by atoms with Crippen LogP contribution in [0.1, 0.15) is 6.92 Å². The lowest BCUT2D eigenvalue weighted by molar-refractivity contribution is -0.385. The number of aliphatic hydroxyl groups excluding tert-OH is 1. The maximum absolute atomic E-state index is 12.1. The predicted molar refractivity (Wildman–Crippen MR) is 66.9 cm³/mol. The second-order valence-electron chi connectivity index (χ2n) is 4.70. The van der Waals surface area contributed by atoms with Crippen molar-refractivity contribution in [1.29, 1.82) is 0 Å². The summed E-state index contributed by atoms with van der Waals surface area (Å²) in [4.78, 5) is 23.7. The summed E-state index contributed by atoms with van der Waals surface area (Å²) in [6.07, 6.45) is 1.77. The van der Waals surface area contributed by atoms with E-state index in [-0.39, 0.29) is 30.9 Å². The van der Waals surface area contributed by atoms with Crippen LogP contribution in [0.3, 0.4) is 0 Å². The Morgan fingerprint density at radius 2 is 2.40 bits per heavy atom. The summed E-state index contributed by atoms with van der Waals surface area (Å²) in [5.41, 5.74) is -0.151. The molecule has 0 aliphatic carbocycles. The minimum absolute atomic E-state index is 0.0707. The number of nitro groups is 1. The number of ether oxygens (including phenoxy) is 1. The molecule has 0 bridgehead atoms. The zero-order valence-electron chi connectivity index (χ0n) is 11.0. The van der Waals surface area contributed by atoms with Crippen molar-refractivity contribution in [2.75, 3.05) is 19.7 Å². The molecule has 2 unspecified atom stereocenters. The molecule has 0 spiro atoms. The van der Waals surface area contributed by atoms with Crippen LogP contribution in [0.15, 0.2) is 12.4 Å². The van der Waals surface area contributed by atoms with E-state index in [4.69, 9.17) is 9.84 Å². The van der Waals surface area contributed by atoms with Gasteiger partial charge in [-0.15, -0.1) is 0 Å². The van der Waals surface area contributed by atoms with Gasteiger partial charge in [-0.05, 0) is 6.92 Å². The molecule has 2 rings (SSSR count). The molecular weight excluding hydrogens is 268 g/mol. The van der Waals surface area contributed by atoms with E-state index < -0.39 is 11.0 Å². The van der Waals surface area contributed by atoms with Gasteiger partial charge < -0.3 is 14.7 Å². The molecule has 20 heavy (non-hydrogen) atoms. The van der Waals surface area contributed by atoms with Crippen LogP contribution in [-0.2, 0) is 16.1 Å². The number of morpholine rings is 1. The number of hydrogen-bond donors (Lipinski definition) is 1. The smallest absolute Gasteiger partial charge is 0.307 e. The van der Waals surface area contributed by atoms with Crippen molar-refractivity contribution in [3.63, 3.8) is 0 Å². The van der Waals surface area contributed by atoms with E-state index in [2.05, 4.69) is 5.10 Å². The molecule has 0 saturated carbocycles. The lowest BCUT2D eigenvalue weighted by Crippen LogP contribution is -2.51. The third kappa shape index (κ3) is 3.31. The Balaban J connectivity index is 1.98. The summed E-state index contributed by atoms with van der Waals surface area (Å²) in [6.45, 7) is 2.34. The first-order chi connectivity index (χ1) is 9.49. The molecule has 9 nitrogen and oxygen atoms in total. The fraction of sp³-hybridized carbons (Fsp3) is 0.636. The molecule has 1 aliphatic rings. The Morgan fingerprint density at radius 1 is 1.65 bits per heavy atom. The maximum Gasteiger partial charge on any atom is 0.307 e. The Hall–Kier alpha value is -2.00. The van der Waals surface area contributed by atoms with Crippen LogP contribution in [0.5, 0.6) is 0 Å². The van der Waals surface area contributed by atoms with E-state index in [1.54, 1.807) is 4.90 Å². The van der Waals surface area contributed by atoms with Gasteiger partial charge in [-0.2, -0.15) is 5.10 Å². The van der Waals surface area contributed by atoms with Crippen LogP contribution in [0.25, 0.3) is 0 Å². The highest BCUT2D eigenvalue weighted by Gasteiger charge is 2.28. The molecule has 9 heteroatoms. The summed E-state index contributed by atoms with van der Waals surface area (Å²) in [6, 6.07) is 0. The van der Waals surface area contributed by atoms with Crippen LogP contribution >= 0.6 is 0 Å². The first-order valence-corrected chi connectivity index (χ1v) is 6.20. The zero-order valence-corrected chi connectivity index (χ0v) is 11.0. The van der Waals surface area contributed by atoms with Gasteiger partial charge in [0.05, 0.1) is 23.7 Å². The van der Waals surface area contributed by atoms with Crippen molar-refractivity contribution < 1.29 is 19.6 Å². The Morgan fingerprint density at radius 3 is 3.00 bits per heavy atom. The van der Waals surface area contributed by atoms with E-state index in [9.17, 15) is 14.9 Å². The highest BCUT2D eigenvalue weighted by atomic mass is 16.6. The molecule has 1 aromatic rings. The third-order valence-corrected chi connectivity index (χ3v) is 3.01. The molecule has 1 N–H and O–H groups in total. The van der Waals surface area contributed by atoms with Gasteiger partial charge in [-0.1, -0.05) is 0 Å². The van der Waals surface area contributed by atoms with E-state index >= 15 is 0 Å². The number of aliphatic hydroxyl groups is 1. The van der Waals surface area contributed by atoms with Crippen LogP contribution in [0, 0.1) is 10.1 Å². The largest absolute Gasteiger partial charge is 0.394 e. The summed E-state index contributed by atoms with van der Waals surface area (Å²) in [5, 5.41) is 23.4. The molecule has 110 valence electrons. The quantitative estimate of drug-likeness (QED) is 0.584. The van der Waals surface area contributed by atoms with Gasteiger partial charge in [0.2, 0.25) is 5.91 Å². The highest BCUT2D eigenvalue weighted by Crippen LogP contribution is 2.12. The highest BCUT2D eigenvalue weighted by molar-refractivity contribution is 5.76. The van der Waals surface area contributed by atoms with Crippen LogP contribution in [0.2, 0.25) is 0 Å². The topological polar surface area (TPSA) is 111 Å². The number of aromatic nitrogens is 2. The van der Waals surface area contributed by atoms with Gasteiger partial charge >= 0.3 is 5.69 Å². The normalized spacial score (nSPS) is 22.8. The van der Waals surface area contributed by atoms with Crippen molar-refractivity contribution in [1.82, 2.24) is 14.7 Å². The monoisotopic (exact) mass is 284 g/mol. The minimum Gasteiger partial charge on any atom is -0.394 e. The minimum atomic E-state index is -0.563. The lowest BCUT2D eigenvalue weighted by atomic mass is 10.2. The third-order valence-electron chi connectivity index (χ3n) is 3.01. The average Bonchev–Trinajstić information content (AvgIpc) is 2.86. The van der Waals surface area contributed by atoms with Gasteiger partial charge in [0.25, 0.3) is 0 Å². The Bertz CT molecular complexity index is 503. The van der Waals surface area contributed by atoms with E-state index in [0.717, 1.165) is 6.20 Å². The molecular formula is C11H16N4O5. The van der Waals surface area contributed by atoms with Gasteiger partial charge in [0.15, 0.2) is 0 Å². The second kappa shape index (κ2) is 5.97. The van der Waals surface area contributed by atoms with Crippen molar-refractivity contribution >= 4 is 11.6 Å². The number of carbonyl (C=O) groups excluding carboxylic acids is 1. The number of rotatable bonds is 4. The second-order valence-corrected chi connectivity index (χ2v) is 4.70. The van der Waals surface area contributed by atoms with Crippen molar-refractivity contribution in [3.8, 4) is 0 Å². The number of carbonyl (C=O) groups is 1. The average molecular weight is 284 g/mol. The summed E-state index contributed by atoms with van der Waals surface area (Å²) >= 11 is 0. The van der Waals surface area contributed by atoms with Gasteiger partial charge in [-0.25, -0.2) is 0 Å². The predicted octanol–water partition coefficient (Wildman–Crippen LogP) is -0.601. The lowest BCUT2D eigenvalue weighted by Gasteiger charge is -2.36. The molecule has 1 amide bonds. The first kappa shape index (κ1) is 14.4. The van der Waals surface area contributed by atoms with Crippen molar-refractivity contribution in [3.05, 3.63) is 22.5 Å². The number of hydrogen-bond acceptors (Lipinski definition) is 6. The number of amides is 1. The molecule has 0 radical (unpaired) electrons. The fourth-order valence-electron chi connectivity index (χ4n) is 2.12. The first-order valence-electron chi connectivity index (χ1n) is 6.20. The van der Waals surface area contributed by atoms with E-state index in [0.29, 0.717) is 13.1 Å². The Kier molecular flexibility index (Phi) is 4.30.